The summed E-state index contributed by atoms with van der Waals surface area (Å²) in [6, 6.07) is -0.440. The first-order valence-corrected chi connectivity index (χ1v) is 7.07. The van der Waals surface area contributed by atoms with Gasteiger partial charge >= 0.3 is 0 Å². The zero-order valence-electron chi connectivity index (χ0n) is 11.8. The Morgan fingerprint density at radius 1 is 1.35 bits per heavy atom. The molecule has 2 aliphatic rings. The molecule has 0 aromatic heterocycles. The van der Waals surface area contributed by atoms with Gasteiger partial charge in [-0.15, -0.1) is 0 Å². The summed E-state index contributed by atoms with van der Waals surface area (Å²) < 4.78 is 0. The highest BCUT2D eigenvalue weighted by molar-refractivity contribution is 6.08. The molecule has 1 aliphatic carbocycles. The van der Waals surface area contributed by atoms with Crippen molar-refractivity contribution in [3.63, 3.8) is 0 Å². The van der Waals surface area contributed by atoms with Crippen LogP contribution in [-0.4, -0.2) is 47.4 Å². The van der Waals surface area contributed by atoms with Gasteiger partial charge in [-0.3, -0.25) is 9.59 Å². The molecule has 1 unspecified atom stereocenters. The Bertz CT molecular complexity index is 431. The van der Waals surface area contributed by atoms with Crippen molar-refractivity contribution in [1.82, 2.24) is 10.2 Å². The minimum absolute atomic E-state index is 0.0324. The summed E-state index contributed by atoms with van der Waals surface area (Å²) >= 11 is 0. The van der Waals surface area contributed by atoms with Crippen molar-refractivity contribution in [3.05, 3.63) is 0 Å². The number of likely N-dealkylation sites (tertiary alicyclic amines) is 1. The Balaban J connectivity index is 2.23. The molecule has 0 radical (unpaired) electrons. The van der Waals surface area contributed by atoms with E-state index in [9.17, 15) is 9.59 Å². The number of piperidine rings is 1. The zero-order valence-corrected chi connectivity index (χ0v) is 11.8. The number of oxime groups is 1. The van der Waals surface area contributed by atoms with Gasteiger partial charge in [0, 0.05) is 13.6 Å². The third-order valence-corrected chi connectivity index (χ3v) is 4.53. The predicted molar refractivity (Wildman–Crippen MR) is 73.1 cm³/mol. The SMILES string of the molecule is CNC(=O)C1CCCCN1C(=O)C1(C(N)=NO)CCC1. The fraction of sp³-hybridized carbons (Fsp3) is 0.769. The number of nitrogens with two attached hydrogens (primary N) is 1. The number of likely N-dealkylation sites (N-methyl/N-ethyl adjacent to an activating group) is 1. The number of amides is 2. The van der Waals surface area contributed by atoms with Gasteiger partial charge in [0.15, 0.2) is 5.84 Å². The number of nitrogens with zero attached hydrogens (tertiary/aromatic N) is 2. The molecule has 112 valence electrons. The Labute approximate surface area is 118 Å². The molecule has 7 nitrogen and oxygen atoms in total. The monoisotopic (exact) mass is 282 g/mol. The molecule has 2 rings (SSSR count). The summed E-state index contributed by atoms with van der Waals surface area (Å²) in [5, 5.41) is 14.6. The van der Waals surface area contributed by atoms with Gasteiger partial charge in [-0.25, -0.2) is 0 Å². The predicted octanol–water partition coefficient (Wildman–Crippen LogP) is 0.0302. The number of amidine groups is 1. The van der Waals surface area contributed by atoms with E-state index in [1.165, 1.54) is 0 Å². The maximum Gasteiger partial charge on any atom is 0.242 e. The van der Waals surface area contributed by atoms with Crippen LogP contribution < -0.4 is 11.1 Å². The molecule has 4 N–H and O–H groups in total. The molecule has 7 heteroatoms. The highest BCUT2D eigenvalue weighted by atomic mass is 16.4. The Morgan fingerprint density at radius 3 is 2.55 bits per heavy atom. The molecule has 1 atom stereocenters. The molecule has 2 fully saturated rings. The van der Waals surface area contributed by atoms with E-state index in [2.05, 4.69) is 10.5 Å². The number of nitrogens with one attached hydrogen (secondary N) is 1. The van der Waals surface area contributed by atoms with Gasteiger partial charge in [0.25, 0.3) is 0 Å². The maximum atomic E-state index is 12.8. The van der Waals surface area contributed by atoms with Crippen molar-refractivity contribution in [2.45, 2.75) is 44.6 Å². The summed E-state index contributed by atoms with van der Waals surface area (Å²) in [5.41, 5.74) is 4.82. The molecule has 1 saturated carbocycles. The zero-order chi connectivity index (χ0) is 14.8. The van der Waals surface area contributed by atoms with Gasteiger partial charge in [-0.05, 0) is 32.1 Å². The topological polar surface area (TPSA) is 108 Å². The third kappa shape index (κ3) is 2.21. The van der Waals surface area contributed by atoms with Crippen LogP contribution in [0.4, 0.5) is 0 Å². The quantitative estimate of drug-likeness (QED) is 0.294. The maximum absolute atomic E-state index is 12.8. The third-order valence-electron chi connectivity index (χ3n) is 4.53. The van der Waals surface area contributed by atoms with Gasteiger partial charge in [0.1, 0.15) is 11.5 Å². The van der Waals surface area contributed by atoms with Crippen LogP contribution in [0.1, 0.15) is 38.5 Å². The lowest BCUT2D eigenvalue weighted by molar-refractivity contribution is -0.150. The molecule has 20 heavy (non-hydrogen) atoms. The van der Waals surface area contributed by atoms with E-state index < -0.39 is 11.5 Å². The van der Waals surface area contributed by atoms with Gasteiger partial charge in [0.05, 0.1) is 0 Å². The fourth-order valence-corrected chi connectivity index (χ4v) is 3.09. The first-order valence-electron chi connectivity index (χ1n) is 7.07. The highest BCUT2D eigenvalue weighted by Crippen LogP contribution is 2.43. The molecular weight excluding hydrogens is 260 g/mol. The molecule has 0 spiro atoms. The smallest absolute Gasteiger partial charge is 0.242 e. The Morgan fingerprint density at radius 2 is 2.05 bits per heavy atom. The molecule has 1 saturated heterocycles. The second-order valence-electron chi connectivity index (χ2n) is 5.55. The van der Waals surface area contributed by atoms with Crippen LogP contribution in [0, 0.1) is 5.41 Å². The largest absolute Gasteiger partial charge is 0.409 e. The van der Waals surface area contributed by atoms with Crippen LogP contribution in [0.5, 0.6) is 0 Å². The second-order valence-corrected chi connectivity index (χ2v) is 5.55. The normalized spacial score (nSPS) is 25.8. The van der Waals surface area contributed by atoms with Gasteiger partial charge in [-0.1, -0.05) is 11.6 Å². The van der Waals surface area contributed by atoms with E-state index in [1.807, 2.05) is 0 Å². The van der Waals surface area contributed by atoms with E-state index in [0.717, 1.165) is 19.3 Å². The number of hydrogen-bond donors (Lipinski definition) is 3. The number of carbonyl (C=O) groups excluding carboxylic acids is 2. The van der Waals surface area contributed by atoms with Crippen molar-refractivity contribution in [1.29, 1.82) is 0 Å². The highest BCUT2D eigenvalue weighted by Gasteiger charge is 2.52. The minimum Gasteiger partial charge on any atom is -0.409 e. The van der Waals surface area contributed by atoms with E-state index in [-0.39, 0.29) is 17.6 Å². The van der Waals surface area contributed by atoms with Gasteiger partial charge < -0.3 is 21.2 Å². The van der Waals surface area contributed by atoms with Crippen molar-refractivity contribution in [3.8, 4) is 0 Å². The van der Waals surface area contributed by atoms with Crippen molar-refractivity contribution in [2.75, 3.05) is 13.6 Å². The molecule has 2 amide bonds. The molecule has 1 heterocycles. The minimum atomic E-state index is -0.904. The van der Waals surface area contributed by atoms with E-state index in [0.29, 0.717) is 25.8 Å². The van der Waals surface area contributed by atoms with Crippen LogP contribution in [0.15, 0.2) is 5.16 Å². The Kier molecular flexibility index (Phi) is 4.15. The van der Waals surface area contributed by atoms with Crippen molar-refractivity contribution >= 4 is 17.6 Å². The Hall–Kier alpha value is -1.79. The number of carbonyl (C=O) groups is 2. The number of rotatable bonds is 3. The van der Waals surface area contributed by atoms with E-state index >= 15 is 0 Å². The van der Waals surface area contributed by atoms with Crippen molar-refractivity contribution < 1.29 is 14.8 Å². The van der Waals surface area contributed by atoms with Crippen LogP contribution in [0.2, 0.25) is 0 Å². The van der Waals surface area contributed by atoms with Crippen LogP contribution in [0.25, 0.3) is 0 Å². The van der Waals surface area contributed by atoms with E-state index in [1.54, 1.807) is 11.9 Å². The average molecular weight is 282 g/mol. The summed E-state index contributed by atoms with van der Waals surface area (Å²) in [5.74, 6) is -0.352. The van der Waals surface area contributed by atoms with Crippen LogP contribution >= 0.6 is 0 Å². The van der Waals surface area contributed by atoms with Crippen molar-refractivity contribution in [2.24, 2.45) is 16.3 Å². The fourth-order valence-electron chi connectivity index (χ4n) is 3.09. The summed E-state index contributed by atoms with van der Waals surface area (Å²) in [4.78, 5) is 26.4. The van der Waals surface area contributed by atoms with Crippen LogP contribution in [0.3, 0.4) is 0 Å². The molecule has 1 aliphatic heterocycles. The van der Waals surface area contributed by atoms with Crippen LogP contribution in [-0.2, 0) is 9.59 Å². The lowest BCUT2D eigenvalue weighted by atomic mass is 9.66. The average Bonchev–Trinajstić information content (AvgIpc) is 2.44. The molecule has 0 aromatic rings. The lowest BCUT2D eigenvalue weighted by Crippen LogP contribution is -2.60. The number of hydrogen-bond acceptors (Lipinski definition) is 4. The summed E-state index contributed by atoms with van der Waals surface area (Å²) in [7, 11) is 1.57. The summed E-state index contributed by atoms with van der Waals surface area (Å²) in [6.07, 6.45) is 4.51. The lowest BCUT2D eigenvalue weighted by Gasteiger charge is -2.45. The molecular formula is C13H22N4O3. The molecule has 0 aromatic carbocycles. The summed E-state index contributed by atoms with van der Waals surface area (Å²) in [6.45, 7) is 0.553. The first kappa shape index (κ1) is 14.6. The molecule has 0 bridgehead atoms. The van der Waals surface area contributed by atoms with Gasteiger partial charge in [-0.2, -0.15) is 0 Å². The second kappa shape index (κ2) is 5.68. The standard InChI is InChI=1S/C13H22N4O3/c1-15-10(18)9-5-2-3-8-17(9)12(19)13(6-4-7-13)11(14)16-20/h9,20H,2-8H2,1H3,(H2,14,16)(H,15,18). The first-order chi connectivity index (χ1) is 9.56. The van der Waals surface area contributed by atoms with Gasteiger partial charge in [0.2, 0.25) is 11.8 Å². The van der Waals surface area contributed by atoms with E-state index in [4.69, 9.17) is 10.9 Å².